The van der Waals surface area contributed by atoms with Crippen molar-refractivity contribution in [2.75, 3.05) is 31.4 Å². The van der Waals surface area contributed by atoms with E-state index >= 15 is 0 Å². The third kappa shape index (κ3) is 6.84. The van der Waals surface area contributed by atoms with Crippen molar-refractivity contribution in [1.82, 2.24) is 14.5 Å². The number of anilines is 1. The first-order valence-corrected chi connectivity index (χ1v) is 17.4. The number of halogens is 1. The minimum Gasteiger partial charge on any atom is -0.481 e. The van der Waals surface area contributed by atoms with E-state index in [2.05, 4.69) is 36.3 Å². The van der Waals surface area contributed by atoms with E-state index in [-0.39, 0.29) is 56.3 Å². The molecule has 3 aromatic rings. The molecule has 244 valence electrons. The number of rotatable bonds is 14. The molecule has 5 rings (SSSR count). The summed E-state index contributed by atoms with van der Waals surface area (Å²) in [6, 6.07) is 7.51. The van der Waals surface area contributed by atoms with Crippen molar-refractivity contribution >= 4 is 57.8 Å². The summed E-state index contributed by atoms with van der Waals surface area (Å²) in [7, 11) is -3.49. The van der Waals surface area contributed by atoms with Crippen LogP contribution in [0, 0.1) is 12.3 Å². The maximum atomic E-state index is 14.1. The van der Waals surface area contributed by atoms with E-state index in [1.54, 1.807) is 53.8 Å². The predicted molar refractivity (Wildman–Crippen MR) is 174 cm³/mol. The Bertz CT molecular complexity index is 1780. The van der Waals surface area contributed by atoms with Crippen molar-refractivity contribution in [3.63, 3.8) is 0 Å². The van der Waals surface area contributed by atoms with E-state index in [0.717, 1.165) is 5.56 Å². The van der Waals surface area contributed by atoms with Crippen LogP contribution in [0.25, 0.3) is 21.3 Å². The van der Waals surface area contributed by atoms with Gasteiger partial charge in [-0.1, -0.05) is 11.2 Å². The third-order valence-electron chi connectivity index (χ3n) is 8.34. The molecule has 0 spiro atoms. The number of amides is 2. The van der Waals surface area contributed by atoms with Gasteiger partial charge in [0.2, 0.25) is 11.8 Å². The molecule has 1 aliphatic heterocycles. The minimum absolute atomic E-state index is 0.171. The van der Waals surface area contributed by atoms with Crippen molar-refractivity contribution in [3.8, 4) is 5.75 Å². The molecule has 1 N–H and O–H groups in total. The monoisotopic (exact) mass is 715 g/mol. The lowest BCUT2D eigenvalue weighted by atomic mass is 9.99. The Hall–Kier alpha value is -3.74. The second-order valence-corrected chi connectivity index (χ2v) is 14.2. The minimum atomic E-state index is -3.49. The van der Waals surface area contributed by atoms with Gasteiger partial charge in [-0.3, -0.25) is 18.9 Å². The average molecular weight is 717 g/mol. The molecular weight excluding hydrogens is 681 g/mol. The first-order chi connectivity index (χ1) is 21.9. The molecule has 1 saturated heterocycles. The highest BCUT2D eigenvalue weighted by Gasteiger charge is 2.66. The first kappa shape index (κ1) is 33.6. The van der Waals surface area contributed by atoms with Crippen LogP contribution in [-0.2, 0) is 29.7 Å². The normalized spacial score (nSPS) is 20.2. The molecule has 2 amide bonds. The predicted octanol–water partition coefficient (Wildman–Crippen LogP) is 6.22. The van der Waals surface area contributed by atoms with Gasteiger partial charge < -0.3 is 28.6 Å². The SMILES string of the molecule is CCOP(=O)(COc1ccc2c(C(C)=O)cn(CC(=O)N3[C@H](C(=O)Nc4nc(Br)ccc4C)C[C@@]4(CN=[N+]=[N-])C[C@@H]34)c2c1)OCC. The number of azide groups is 1. The number of likely N-dealkylation sites (tertiary alicyclic amines) is 1. The van der Waals surface area contributed by atoms with Gasteiger partial charge in [0, 0.05) is 46.1 Å². The second kappa shape index (κ2) is 13.5. The number of ketones is 1. The van der Waals surface area contributed by atoms with Crippen molar-refractivity contribution < 1.29 is 32.7 Å². The summed E-state index contributed by atoms with van der Waals surface area (Å²) in [6.45, 7) is 7.06. The maximum absolute atomic E-state index is 14.1. The lowest BCUT2D eigenvalue weighted by Gasteiger charge is -2.27. The molecule has 1 aliphatic carbocycles. The van der Waals surface area contributed by atoms with E-state index < -0.39 is 19.1 Å². The number of nitrogens with one attached hydrogen (secondary N) is 1. The summed E-state index contributed by atoms with van der Waals surface area (Å²) in [6.07, 6.45) is 2.24. The molecular formula is C30H35BrN7O7P. The van der Waals surface area contributed by atoms with Gasteiger partial charge in [-0.2, -0.15) is 0 Å². The quantitative estimate of drug-likeness (QED) is 0.0510. The molecule has 2 aliphatic rings. The maximum Gasteiger partial charge on any atom is 0.367 e. The van der Waals surface area contributed by atoms with Crippen LogP contribution < -0.4 is 10.1 Å². The van der Waals surface area contributed by atoms with Crippen molar-refractivity contribution in [3.05, 3.63) is 62.7 Å². The summed E-state index contributed by atoms with van der Waals surface area (Å²) < 4.78 is 31.6. The number of pyridine rings is 1. The molecule has 16 heteroatoms. The van der Waals surface area contributed by atoms with Crippen LogP contribution in [0.5, 0.6) is 5.75 Å². The summed E-state index contributed by atoms with van der Waals surface area (Å²) in [4.78, 5) is 49.1. The molecule has 0 unspecified atom stereocenters. The molecule has 2 aromatic heterocycles. The smallest absolute Gasteiger partial charge is 0.367 e. The molecule has 0 bridgehead atoms. The zero-order valence-corrected chi connectivity index (χ0v) is 28.4. The Morgan fingerprint density at radius 2 is 1.93 bits per heavy atom. The molecule has 3 atom stereocenters. The van der Waals surface area contributed by atoms with Crippen LogP contribution in [-0.4, -0.2) is 70.2 Å². The zero-order chi connectivity index (χ0) is 33.2. The molecule has 14 nitrogen and oxygen atoms in total. The molecule has 1 saturated carbocycles. The van der Waals surface area contributed by atoms with Crippen LogP contribution in [0.15, 0.2) is 46.2 Å². The Kier molecular flexibility index (Phi) is 9.90. The van der Waals surface area contributed by atoms with Gasteiger partial charge in [-0.05, 0) is 85.8 Å². The number of fused-ring (bicyclic) bond motifs is 2. The molecule has 46 heavy (non-hydrogen) atoms. The number of piperidine rings is 1. The van der Waals surface area contributed by atoms with Crippen molar-refractivity contribution in [2.24, 2.45) is 10.5 Å². The molecule has 2 fully saturated rings. The van der Waals surface area contributed by atoms with Gasteiger partial charge in [0.15, 0.2) is 12.1 Å². The average Bonchev–Trinajstić information content (AvgIpc) is 3.43. The Morgan fingerprint density at radius 1 is 1.20 bits per heavy atom. The van der Waals surface area contributed by atoms with Crippen LogP contribution in [0.3, 0.4) is 0 Å². The van der Waals surface area contributed by atoms with Gasteiger partial charge in [0.1, 0.15) is 28.8 Å². The number of aryl methyl sites for hydroxylation is 1. The number of ether oxygens (including phenoxy) is 1. The van der Waals surface area contributed by atoms with Crippen LogP contribution in [0.4, 0.5) is 5.82 Å². The van der Waals surface area contributed by atoms with Gasteiger partial charge in [0.05, 0.1) is 18.7 Å². The lowest BCUT2D eigenvalue weighted by Crippen LogP contribution is -2.46. The van der Waals surface area contributed by atoms with Gasteiger partial charge in [0.25, 0.3) is 0 Å². The fraction of sp³-hybridized carbons (Fsp3) is 0.467. The zero-order valence-electron chi connectivity index (χ0n) is 25.9. The van der Waals surface area contributed by atoms with Gasteiger partial charge in [-0.15, -0.1) is 0 Å². The number of nitrogens with zero attached hydrogens (tertiary/aromatic N) is 6. The Balaban J connectivity index is 1.43. The second-order valence-electron chi connectivity index (χ2n) is 11.4. The molecule has 3 heterocycles. The fourth-order valence-corrected chi connectivity index (χ4v) is 7.73. The topological polar surface area (TPSA) is 178 Å². The van der Waals surface area contributed by atoms with Crippen LogP contribution in [0.1, 0.15) is 49.5 Å². The van der Waals surface area contributed by atoms with E-state index in [1.165, 1.54) is 6.92 Å². The summed E-state index contributed by atoms with van der Waals surface area (Å²) in [5, 5.41) is 7.26. The van der Waals surface area contributed by atoms with Gasteiger partial charge in [-0.25, -0.2) is 4.98 Å². The van der Waals surface area contributed by atoms with Crippen molar-refractivity contribution in [1.29, 1.82) is 0 Å². The summed E-state index contributed by atoms with van der Waals surface area (Å²) >= 11 is 3.33. The molecule has 1 aromatic carbocycles. The number of aromatic nitrogens is 2. The number of carbonyl (C=O) groups excluding carboxylic acids is 3. The number of Topliss-reactive ketones (excluding diaryl/α,β-unsaturated/α-hetero) is 1. The fourth-order valence-electron chi connectivity index (χ4n) is 6.10. The first-order valence-electron chi connectivity index (χ1n) is 14.8. The van der Waals surface area contributed by atoms with E-state index in [4.69, 9.17) is 19.3 Å². The summed E-state index contributed by atoms with van der Waals surface area (Å²) in [5.41, 5.74) is 10.2. The highest BCUT2D eigenvalue weighted by Crippen LogP contribution is 2.60. The largest absolute Gasteiger partial charge is 0.481 e. The van der Waals surface area contributed by atoms with Crippen LogP contribution >= 0.6 is 23.5 Å². The van der Waals surface area contributed by atoms with Crippen LogP contribution in [0.2, 0.25) is 0 Å². The number of hydrogen-bond acceptors (Lipinski definition) is 9. The highest BCUT2D eigenvalue weighted by molar-refractivity contribution is 9.10. The Morgan fingerprint density at radius 3 is 2.61 bits per heavy atom. The third-order valence-corrected chi connectivity index (χ3v) is 10.5. The van der Waals surface area contributed by atoms with Gasteiger partial charge >= 0.3 is 7.60 Å². The lowest BCUT2D eigenvalue weighted by molar-refractivity contribution is -0.138. The standard InChI is InChI=1S/C30H35BrN7O7P/c1-5-44-46(42,45-6-2)17-43-20-8-9-21-22(19(4)39)14-37(23(21)11-20)15-27(40)38-24(12-30(13-25(30)38)16-33-36-32)29(41)35-28-18(3)7-10-26(31)34-28/h7-11,14,24-25H,5-6,12-13,15-17H2,1-4H3,(H,34,35,41)/t24-,25+,30-/m0/s1. The number of hydrogen-bond donors (Lipinski definition) is 1. The van der Waals surface area contributed by atoms with Crippen molar-refractivity contribution in [2.45, 2.75) is 59.2 Å². The molecule has 0 radical (unpaired) electrons. The van der Waals surface area contributed by atoms with E-state index in [9.17, 15) is 18.9 Å². The van der Waals surface area contributed by atoms with E-state index in [0.29, 0.717) is 45.5 Å². The number of carbonyl (C=O) groups is 3. The Labute approximate surface area is 274 Å². The van der Waals surface area contributed by atoms with E-state index in [1.807, 2.05) is 13.0 Å². The highest BCUT2D eigenvalue weighted by atomic mass is 79.9. The summed E-state index contributed by atoms with van der Waals surface area (Å²) in [5.74, 6) is -0.183. The number of benzene rings is 1.